The van der Waals surface area contributed by atoms with E-state index in [0.29, 0.717) is 17.2 Å². The first-order chi connectivity index (χ1) is 11.1. The summed E-state index contributed by atoms with van der Waals surface area (Å²) >= 11 is 0. The average Bonchev–Trinajstić information content (AvgIpc) is 3.24. The average molecular weight is 328 g/mol. The zero-order valence-corrected chi connectivity index (χ0v) is 12.7. The number of rotatable bonds is 3. The third-order valence-corrected chi connectivity index (χ3v) is 5.25. The lowest BCUT2D eigenvalue weighted by molar-refractivity contribution is 0.174. The van der Waals surface area contributed by atoms with Crippen molar-refractivity contribution in [1.82, 2.24) is 10.2 Å². The largest absolute Gasteiger partial charge is 0.454 e. The highest BCUT2D eigenvalue weighted by molar-refractivity contribution is 7.91. The number of nitrogens with zero attached hydrogens (tertiary/aromatic N) is 1. The molecule has 0 amide bonds. The lowest BCUT2D eigenvalue weighted by Crippen LogP contribution is -2.01. The number of aromatic nitrogens is 2. The molecule has 0 bridgehead atoms. The van der Waals surface area contributed by atoms with Crippen LogP contribution in [0.1, 0.15) is 0 Å². The van der Waals surface area contributed by atoms with Crippen LogP contribution in [0.25, 0.3) is 11.3 Å². The van der Waals surface area contributed by atoms with Crippen LogP contribution in [0, 0.1) is 0 Å². The molecule has 0 spiro atoms. The Morgan fingerprint density at radius 2 is 1.74 bits per heavy atom. The van der Waals surface area contributed by atoms with E-state index in [0.717, 1.165) is 5.56 Å². The van der Waals surface area contributed by atoms with Crippen LogP contribution in [-0.4, -0.2) is 25.4 Å². The van der Waals surface area contributed by atoms with Gasteiger partial charge in [-0.05, 0) is 30.3 Å². The molecular formula is C16H12N2O4S. The highest BCUT2D eigenvalue weighted by Gasteiger charge is 2.21. The monoisotopic (exact) mass is 328 g/mol. The molecule has 116 valence electrons. The Balaban J connectivity index is 1.72. The first kappa shape index (κ1) is 13.8. The second-order valence-corrected chi connectivity index (χ2v) is 6.92. The molecule has 0 radical (unpaired) electrons. The molecule has 2 heterocycles. The van der Waals surface area contributed by atoms with Crippen molar-refractivity contribution in [1.29, 1.82) is 0 Å². The Morgan fingerprint density at radius 1 is 0.957 bits per heavy atom. The summed E-state index contributed by atoms with van der Waals surface area (Å²) in [7, 11) is -3.61. The normalized spacial score (nSPS) is 13.2. The van der Waals surface area contributed by atoms with E-state index in [1.54, 1.807) is 42.5 Å². The third kappa shape index (κ3) is 2.35. The van der Waals surface area contributed by atoms with Gasteiger partial charge >= 0.3 is 0 Å². The lowest BCUT2D eigenvalue weighted by atomic mass is 10.1. The van der Waals surface area contributed by atoms with Gasteiger partial charge in [0.1, 0.15) is 0 Å². The number of hydrogen-bond acceptors (Lipinski definition) is 5. The van der Waals surface area contributed by atoms with E-state index < -0.39 is 9.84 Å². The fraction of sp³-hybridized carbons (Fsp3) is 0.0625. The smallest absolute Gasteiger partial charge is 0.231 e. The number of sulfone groups is 1. The number of hydrogen-bond donors (Lipinski definition) is 1. The van der Waals surface area contributed by atoms with Gasteiger partial charge < -0.3 is 9.47 Å². The van der Waals surface area contributed by atoms with Gasteiger partial charge in [0, 0.05) is 11.6 Å². The molecule has 0 unspecified atom stereocenters. The summed E-state index contributed by atoms with van der Waals surface area (Å²) in [6, 6.07) is 15.1. The van der Waals surface area contributed by atoms with Crippen LogP contribution in [0.5, 0.6) is 11.5 Å². The van der Waals surface area contributed by atoms with Crippen LogP contribution in [0.3, 0.4) is 0 Å². The molecule has 7 heteroatoms. The van der Waals surface area contributed by atoms with Gasteiger partial charge in [0.05, 0.1) is 10.6 Å². The quantitative estimate of drug-likeness (QED) is 0.799. The molecule has 0 saturated carbocycles. The highest BCUT2D eigenvalue weighted by atomic mass is 32.2. The molecule has 23 heavy (non-hydrogen) atoms. The van der Waals surface area contributed by atoms with Crippen molar-refractivity contribution in [2.45, 2.75) is 9.92 Å². The summed E-state index contributed by atoms with van der Waals surface area (Å²) in [6.45, 7) is 0.187. The van der Waals surface area contributed by atoms with Gasteiger partial charge in [-0.1, -0.05) is 18.2 Å². The zero-order valence-electron chi connectivity index (χ0n) is 11.9. The minimum atomic E-state index is -3.61. The summed E-state index contributed by atoms with van der Waals surface area (Å²) in [4.78, 5) is 0.223. The van der Waals surface area contributed by atoms with Crippen molar-refractivity contribution in [2.24, 2.45) is 0 Å². The van der Waals surface area contributed by atoms with Crippen LogP contribution >= 0.6 is 0 Å². The van der Waals surface area contributed by atoms with Crippen LogP contribution in [0.2, 0.25) is 0 Å². The van der Waals surface area contributed by atoms with Crippen LogP contribution < -0.4 is 9.47 Å². The number of aromatic amines is 1. The Bertz CT molecular complexity index is 965. The van der Waals surface area contributed by atoms with Crippen LogP contribution in [0.15, 0.2) is 64.5 Å². The number of ether oxygens (including phenoxy) is 2. The molecular weight excluding hydrogens is 316 g/mol. The van der Waals surface area contributed by atoms with Crippen LogP contribution in [-0.2, 0) is 9.84 Å². The van der Waals surface area contributed by atoms with E-state index in [1.165, 1.54) is 6.07 Å². The highest BCUT2D eigenvalue weighted by Crippen LogP contribution is 2.35. The first-order valence-electron chi connectivity index (χ1n) is 6.90. The zero-order chi connectivity index (χ0) is 15.9. The Kier molecular flexibility index (Phi) is 3.09. The molecule has 6 nitrogen and oxygen atoms in total. The van der Waals surface area contributed by atoms with Gasteiger partial charge in [-0.15, -0.1) is 0 Å². The second-order valence-electron chi connectivity index (χ2n) is 5.00. The van der Waals surface area contributed by atoms with Crippen molar-refractivity contribution in [3.63, 3.8) is 0 Å². The molecule has 0 fully saturated rings. The number of H-pyrrole nitrogens is 1. The molecule has 0 atom stereocenters. The summed E-state index contributed by atoms with van der Waals surface area (Å²) in [5.41, 5.74) is 1.28. The van der Waals surface area contributed by atoms with E-state index in [1.807, 2.05) is 6.07 Å². The van der Waals surface area contributed by atoms with Crippen molar-refractivity contribution >= 4 is 9.84 Å². The van der Waals surface area contributed by atoms with Crippen molar-refractivity contribution in [3.8, 4) is 22.8 Å². The number of benzene rings is 2. The molecule has 3 aromatic rings. The van der Waals surface area contributed by atoms with E-state index in [-0.39, 0.29) is 16.7 Å². The predicted molar refractivity (Wildman–Crippen MR) is 82.0 cm³/mol. The van der Waals surface area contributed by atoms with Crippen LogP contribution in [0.4, 0.5) is 0 Å². The van der Waals surface area contributed by atoms with E-state index in [4.69, 9.17) is 9.47 Å². The van der Waals surface area contributed by atoms with Crippen molar-refractivity contribution in [3.05, 3.63) is 54.6 Å². The second kappa shape index (κ2) is 5.13. The third-order valence-electron chi connectivity index (χ3n) is 3.57. The van der Waals surface area contributed by atoms with Gasteiger partial charge in [-0.25, -0.2) is 8.42 Å². The maximum Gasteiger partial charge on any atom is 0.231 e. The summed E-state index contributed by atoms with van der Waals surface area (Å²) in [5, 5.41) is 6.76. The fourth-order valence-corrected chi connectivity index (χ4v) is 3.57. The molecule has 2 aromatic carbocycles. The summed E-state index contributed by atoms with van der Waals surface area (Å²) < 4.78 is 35.7. The lowest BCUT2D eigenvalue weighted by Gasteiger charge is -2.00. The standard InChI is InChI=1S/C16H12N2O4S/c19-23(20,12-4-2-1-3-5-12)16-9-13(17-18-16)11-6-7-14-15(8-11)22-10-21-14/h1-9H,10H2,(H,17,18). The van der Waals surface area contributed by atoms with Crippen molar-refractivity contribution < 1.29 is 17.9 Å². The number of fused-ring (bicyclic) bond motifs is 1. The van der Waals surface area contributed by atoms with Crippen molar-refractivity contribution in [2.75, 3.05) is 6.79 Å². The molecule has 1 aromatic heterocycles. The molecule has 1 N–H and O–H groups in total. The van der Waals surface area contributed by atoms with Gasteiger partial charge in [-0.3, -0.25) is 5.10 Å². The molecule has 0 saturated heterocycles. The maximum atomic E-state index is 12.5. The minimum Gasteiger partial charge on any atom is -0.454 e. The summed E-state index contributed by atoms with van der Waals surface area (Å²) in [5.74, 6) is 1.29. The number of nitrogens with one attached hydrogen (secondary N) is 1. The molecule has 1 aliphatic heterocycles. The fourth-order valence-electron chi connectivity index (χ4n) is 2.37. The molecule has 1 aliphatic rings. The maximum absolute atomic E-state index is 12.5. The molecule has 0 aliphatic carbocycles. The van der Waals surface area contributed by atoms with E-state index >= 15 is 0 Å². The van der Waals surface area contributed by atoms with Gasteiger partial charge in [0.15, 0.2) is 16.5 Å². The Hall–Kier alpha value is -2.80. The van der Waals surface area contributed by atoms with E-state index in [2.05, 4.69) is 10.2 Å². The van der Waals surface area contributed by atoms with Gasteiger partial charge in [-0.2, -0.15) is 5.10 Å². The predicted octanol–water partition coefficient (Wildman–Crippen LogP) is 2.64. The topological polar surface area (TPSA) is 81.3 Å². The first-order valence-corrected chi connectivity index (χ1v) is 8.38. The Morgan fingerprint density at radius 3 is 2.57 bits per heavy atom. The minimum absolute atomic E-state index is 0.0522. The van der Waals surface area contributed by atoms with E-state index in [9.17, 15) is 8.42 Å². The van der Waals surface area contributed by atoms with Gasteiger partial charge in [0.25, 0.3) is 0 Å². The SMILES string of the molecule is O=S(=O)(c1ccccc1)c1cc(-c2ccc3c(c2)OCO3)n[nH]1. The van der Waals surface area contributed by atoms with Gasteiger partial charge in [0.2, 0.25) is 16.6 Å². The molecule has 4 rings (SSSR count). The Labute approximate surface area is 132 Å². The summed E-state index contributed by atoms with van der Waals surface area (Å²) in [6.07, 6.45) is 0.